The molecule has 1 aromatic heterocycles. The number of nitrogens with one attached hydrogen (secondary N) is 3. The molecule has 1 saturated heterocycles. The van der Waals surface area contributed by atoms with Gasteiger partial charge in [0.05, 0.1) is 0 Å². The number of primary amides is 1. The number of piperazine rings is 1. The maximum absolute atomic E-state index is 12.2. The van der Waals surface area contributed by atoms with Crippen LogP contribution in [0.2, 0.25) is 0 Å². The highest BCUT2D eigenvalue weighted by Crippen LogP contribution is 2.30. The molecule has 0 saturated carbocycles. The number of ether oxygens (including phenoxy) is 1. The van der Waals surface area contributed by atoms with Crippen LogP contribution in [0.25, 0.3) is 0 Å². The molecule has 0 spiro atoms. The summed E-state index contributed by atoms with van der Waals surface area (Å²) < 4.78 is 6.03. The number of hydrogen-bond donors (Lipinski definition) is 4. The number of aromatic nitrogens is 2. The Balaban J connectivity index is 0.00000280. The molecule has 10 nitrogen and oxygen atoms in total. The Labute approximate surface area is 258 Å². The lowest BCUT2D eigenvalue weighted by Gasteiger charge is -2.37. The summed E-state index contributed by atoms with van der Waals surface area (Å²) >= 11 is 0. The number of rotatable bonds is 9. The Morgan fingerprint density at radius 3 is 2.32 bits per heavy atom. The number of anilines is 4. The molecule has 2 atom stereocenters. The fraction of sp³-hybridized carbons (Fsp3) is 0.286. The maximum Gasteiger partial charge on any atom is 0.271 e. The van der Waals surface area contributed by atoms with Crippen LogP contribution in [0.15, 0.2) is 61.2 Å². The molecule has 2 aromatic carbocycles. The van der Waals surface area contributed by atoms with E-state index >= 15 is 0 Å². The van der Waals surface area contributed by atoms with Crippen molar-refractivity contribution in [3.8, 4) is 11.6 Å². The number of nitrogens with two attached hydrogens (primary N) is 1. The molecular weight excluding hydrogens is 589 g/mol. The molecule has 1 fully saturated rings. The third kappa shape index (κ3) is 9.22. The van der Waals surface area contributed by atoms with E-state index in [1.165, 1.54) is 6.08 Å². The molecule has 2 heterocycles. The van der Waals surface area contributed by atoms with E-state index in [1.54, 1.807) is 24.3 Å². The summed E-state index contributed by atoms with van der Waals surface area (Å²) in [5, 5.41) is 9.40. The van der Waals surface area contributed by atoms with Gasteiger partial charge in [0.15, 0.2) is 11.5 Å². The quantitative estimate of drug-likeness (QED) is 0.237. The molecule has 0 radical (unpaired) electrons. The predicted molar refractivity (Wildman–Crippen MR) is 171 cm³/mol. The van der Waals surface area contributed by atoms with E-state index in [-0.39, 0.29) is 60.5 Å². The number of benzene rings is 2. The molecule has 41 heavy (non-hydrogen) atoms. The predicted octanol–water partition coefficient (Wildman–Crippen LogP) is 5.25. The molecule has 4 rings (SSSR count). The lowest BCUT2D eigenvalue weighted by molar-refractivity contribution is -0.111. The van der Waals surface area contributed by atoms with Crippen LogP contribution >= 0.6 is 37.2 Å². The average Bonchev–Trinajstić information content (AvgIpc) is 2.88. The van der Waals surface area contributed by atoms with Crippen LogP contribution in [0.3, 0.4) is 0 Å². The highest BCUT2D eigenvalue weighted by Gasteiger charge is 2.22. The number of carbonyl (C=O) groups excluding carboxylic acids is 2. The van der Waals surface area contributed by atoms with E-state index in [0.29, 0.717) is 35.6 Å². The van der Waals surface area contributed by atoms with Crippen molar-refractivity contribution in [2.45, 2.75) is 39.3 Å². The molecule has 13 heteroatoms. The lowest BCUT2D eigenvalue weighted by atomic mass is 10.1. The van der Waals surface area contributed by atoms with Crippen LogP contribution in [0.5, 0.6) is 11.6 Å². The van der Waals surface area contributed by atoms with Crippen LogP contribution in [-0.4, -0.2) is 47.0 Å². The van der Waals surface area contributed by atoms with E-state index < -0.39 is 5.91 Å². The zero-order valence-corrected chi connectivity index (χ0v) is 25.5. The van der Waals surface area contributed by atoms with Crippen molar-refractivity contribution < 1.29 is 14.3 Å². The smallest absolute Gasteiger partial charge is 0.271 e. The summed E-state index contributed by atoms with van der Waals surface area (Å²) in [7, 11) is 0. The summed E-state index contributed by atoms with van der Waals surface area (Å²) in [6.07, 6.45) is 1.65. The molecule has 3 aromatic rings. The summed E-state index contributed by atoms with van der Waals surface area (Å²) in [6, 6.07) is 15.6. The van der Waals surface area contributed by atoms with Crippen molar-refractivity contribution >= 4 is 71.9 Å². The number of halogens is 3. The summed E-state index contributed by atoms with van der Waals surface area (Å²) in [5.41, 5.74) is 8.52. The molecule has 0 unspecified atom stereocenters. The number of carbonyl (C=O) groups is 2. The van der Waals surface area contributed by atoms with Crippen molar-refractivity contribution in [3.63, 3.8) is 0 Å². The normalized spacial score (nSPS) is 15.7. The summed E-state index contributed by atoms with van der Waals surface area (Å²) in [5.74, 6) is -0.167. The summed E-state index contributed by atoms with van der Waals surface area (Å²) in [4.78, 5) is 35.3. The SMILES string of the molecule is C=CC(=O)Nc1cccc(Oc2nc(Nc3ccc(N4C[C@@H](C)N[C@@H](C)C4)cc3)c(C(N)=O)nc2CC)c1.Cl.Cl.Cl. The second-order valence-corrected chi connectivity index (χ2v) is 9.26. The van der Waals surface area contributed by atoms with Gasteiger partial charge in [-0.2, -0.15) is 4.98 Å². The van der Waals surface area contributed by atoms with Gasteiger partial charge in [0.2, 0.25) is 11.8 Å². The molecule has 1 aliphatic heterocycles. The third-order valence-electron chi connectivity index (χ3n) is 6.05. The van der Waals surface area contributed by atoms with Crippen molar-refractivity contribution in [1.29, 1.82) is 0 Å². The first kappa shape index (κ1) is 35.5. The van der Waals surface area contributed by atoms with Gasteiger partial charge in [0, 0.05) is 48.3 Å². The van der Waals surface area contributed by atoms with Crippen LogP contribution in [0.1, 0.15) is 37.0 Å². The van der Waals surface area contributed by atoms with Crippen LogP contribution in [0.4, 0.5) is 22.9 Å². The van der Waals surface area contributed by atoms with E-state index in [2.05, 4.69) is 51.2 Å². The minimum absolute atomic E-state index is 0. The molecule has 1 aliphatic rings. The first-order valence-electron chi connectivity index (χ1n) is 12.6. The number of aryl methyl sites for hydroxylation is 1. The van der Waals surface area contributed by atoms with Gasteiger partial charge in [-0.25, -0.2) is 4.98 Å². The van der Waals surface area contributed by atoms with E-state index in [1.807, 2.05) is 31.2 Å². The second kappa shape index (κ2) is 16.0. The first-order chi connectivity index (χ1) is 18.2. The van der Waals surface area contributed by atoms with Gasteiger partial charge in [0.1, 0.15) is 11.4 Å². The first-order valence-corrected chi connectivity index (χ1v) is 12.6. The Morgan fingerprint density at radius 2 is 1.73 bits per heavy atom. The van der Waals surface area contributed by atoms with Crippen LogP contribution < -0.4 is 31.3 Å². The minimum Gasteiger partial charge on any atom is -0.437 e. The topological polar surface area (TPSA) is 134 Å². The highest BCUT2D eigenvalue weighted by atomic mass is 35.5. The van der Waals surface area contributed by atoms with Gasteiger partial charge < -0.3 is 31.3 Å². The standard InChI is InChI=1S/C28H33N7O3.3ClH/c1-5-23-28(38-22-9-7-8-20(14-22)31-24(36)6-2)34-27(25(33-23)26(29)37)32-19-10-12-21(13-11-19)35-15-17(3)30-18(4)16-35;;;/h6-14,17-18,30H,2,5,15-16H2,1,3-4H3,(H2,29,37)(H,31,36)(H,32,34);3*1H/t17-,18+;;;. The Kier molecular flexibility index (Phi) is 13.9. The monoisotopic (exact) mass is 623 g/mol. The van der Waals surface area contributed by atoms with Gasteiger partial charge in [0.25, 0.3) is 5.91 Å². The van der Waals surface area contributed by atoms with Gasteiger partial charge in [-0.3, -0.25) is 9.59 Å². The van der Waals surface area contributed by atoms with Crippen LogP contribution in [-0.2, 0) is 11.2 Å². The Bertz CT molecular complexity index is 1330. The third-order valence-corrected chi connectivity index (χ3v) is 6.05. The molecular formula is C28H36Cl3N7O3. The Hall–Kier alpha value is -3.57. The highest BCUT2D eigenvalue weighted by molar-refractivity contribution is 5.99. The zero-order valence-electron chi connectivity index (χ0n) is 23.0. The minimum atomic E-state index is -0.698. The van der Waals surface area contributed by atoms with Crippen molar-refractivity contribution in [1.82, 2.24) is 15.3 Å². The van der Waals surface area contributed by atoms with E-state index in [4.69, 9.17) is 10.5 Å². The van der Waals surface area contributed by atoms with Crippen molar-refractivity contribution in [3.05, 3.63) is 72.6 Å². The average molecular weight is 625 g/mol. The molecule has 5 N–H and O–H groups in total. The van der Waals surface area contributed by atoms with Gasteiger partial charge in [-0.15, -0.1) is 37.2 Å². The molecule has 0 bridgehead atoms. The van der Waals surface area contributed by atoms with E-state index in [9.17, 15) is 9.59 Å². The molecule has 2 amide bonds. The van der Waals surface area contributed by atoms with Gasteiger partial charge >= 0.3 is 0 Å². The number of hydrogen-bond acceptors (Lipinski definition) is 8. The van der Waals surface area contributed by atoms with Crippen molar-refractivity contribution in [2.75, 3.05) is 28.6 Å². The molecule has 0 aliphatic carbocycles. The fourth-order valence-corrected chi connectivity index (χ4v) is 4.40. The van der Waals surface area contributed by atoms with Crippen molar-refractivity contribution in [2.24, 2.45) is 5.73 Å². The van der Waals surface area contributed by atoms with Crippen LogP contribution in [0, 0.1) is 0 Å². The van der Waals surface area contributed by atoms with E-state index in [0.717, 1.165) is 24.5 Å². The second-order valence-electron chi connectivity index (χ2n) is 9.26. The zero-order chi connectivity index (χ0) is 27.2. The Morgan fingerprint density at radius 1 is 1.07 bits per heavy atom. The van der Waals surface area contributed by atoms with Gasteiger partial charge in [-0.1, -0.05) is 19.6 Å². The maximum atomic E-state index is 12.2. The lowest BCUT2D eigenvalue weighted by Crippen LogP contribution is -2.54. The number of nitrogens with zero attached hydrogens (tertiary/aromatic N) is 3. The summed E-state index contributed by atoms with van der Waals surface area (Å²) in [6.45, 7) is 11.5. The van der Waals surface area contributed by atoms with Gasteiger partial charge in [-0.05, 0) is 62.7 Å². The fourth-order valence-electron chi connectivity index (χ4n) is 4.40. The molecule has 222 valence electrons. The number of amides is 2. The largest absolute Gasteiger partial charge is 0.437 e.